The average molecular weight is 260 g/mol. The van der Waals surface area contributed by atoms with Crippen LogP contribution in [0.5, 0.6) is 0 Å². The highest BCUT2D eigenvalue weighted by atomic mass is 14.6. The van der Waals surface area contributed by atoms with Gasteiger partial charge >= 0.3 is 0 Å². The molecule has 0 spiro atoms. The van der Waals surface area contributed by atoms with E-state index in [0.29, 0.717) is 5.41 Å². The molecule has 4 aliphatic carbocycles. The van der Waals surface area contributed by atoms with E-state index >= 15 is 0 Å². The molecule has 0 unspecified atom stereocenters. The van der Waals surface area contributed by atoms with Crippen LogP contribution in [0.1, 0.15) is 78.6 Å². The predicted octanol–water partition coefficient (Wildman–Crippen LogP) is 5.67. The normalized spacial score (nSPS) is 60.5. The van der Waals surface area contributed by atoms with Gasteiger partial charge in [-0.2, -0.15) is 0 Å². The van der Waals surface area contributed by atoms with E-state index in [0.717, 1.165) is 35.0 Å². The molecular formula is C19H32. The van der Waals surface area contributed by atoms with Gasteiger partial charge < -0.3 is 0 Å². The quantitative estimate of drug-likeness (QED) is 0.527. The molecule has 0 heterocycles. The summed E-state index contributed by atoms with van der Waals surface area (Å²) < 4.78 is 0. The van der Waals surface area contributed by atoms with Crippen LogP contribution in [0.15, 0.2) is 0 Å². The van der Waals surface area contributed by atoms with Gasteiger partial charge in [0.25, 0.3) is 0 Å². The van der Waals surface area contributed by atoms with E-state index in [1.54, 1.807) is 44.9 Å². The van der Waals surface area contributed by atoms with E-state index in [1.165, 1.54) is 12.8 Å². The van der Waals surface area contributed by atoms with Crippen molar-refractivity contribution in [1.82, 2.24) is 0 Å². The maximum Gasteiger partial charge on any atom is -0.0266 e. The Morgan fingerprint density at radius 3 is 2.37 bits per heavy atom. The second kappa shape index (κ2) is 4.01. The zero-order chi connectivity index (χ0) is 13.3. The van der Waals surface area contributed by atoms with Gasteiger partial charge in [-0.3, -0.25) is 0 Å². The largest absolute Gasteiger partial charge is 0.0620 e. The fraction of sp³-hybridized carbons (Fsp3) is 1.00. The fourth-order valence-corrected chi connectivity index (χ4v) is 7.39. The summed E-state index contributed by atoms with van der Waals surface area (Å²) in [5.41, 5.74) is 1.46. The molecule has 0 N–H and O–H groups in total. The van der Waals surface area contributed by atoms with Crippen LogP contribution in [0, 0.1) is 40.4 Å². The van der Waals surface area contributed by atoms with Gasteiger partial charge in [-0.15, -0.1) is 0 Å². The minimum atomic E-state index is 0.711. The van der Waals surface area contributed by atoms with E-state index in [-0.39, 0.29) is 0 Å². The molecule has 4 rings (SSSR count). The standard InChI is InChI=1S/C19H32/c1-13-6-9-16-15-8-7-14-5-4-11-19(14,3)17(15)10-12-18(13,16)2/h13-17H,4-12H2,1-3H3/t13-,14+,15-,16-,17-,18+,19-/m0/s1. The highest BCUT2D eigenvalue weighted by Crippen LogP contribution is 2.67. The number of hydrogen-bond donors (Lipinski definition) is 0. The lowest BCUT2D eigenvalue weighted by Gasteiger charge is -2.57. The van der Waals surface area contributed by atoms with E-state index in [1.807, 2.05) is 0 Å². The van der Waals surface area contributed by atoms with Crippen molar-refractivity contribution < 1.29 is 0 Å². The molecule has 0 aromatic carbocycles. The fourth-order valence-electron chi connectivity index (χ4n) is 7.39. The predicted molar refractivity (Wildman–Crippen MR) is 80.9 cm³/mol. The number of rotatable bonds is 0. The first-order chi connectivity index (χ1) is 9.06. The van der Waals surface area contributed by atoms with Crippen molar-refractivity contribution in [3.05, 3.63) is 0 Å². The van der Waals surface area contributed by atoms with Crippen LogP contribution in [0.2, 0.25) is 0 Å². The summed E-state index contributed by atoms with van der Waals surface area (Å²) in [5, 5.41) is 0. The van der Waals surface area contributed by atoms with Crippen LogP contribution >= 0.6 is 0 Å². The zero-order valence-electron chi connectivity index (χ0n) is 13.3. The van der Waals surface area contributed by atoms with E-state index < -0.39 is 0 Å². The maximum absolute atomic E-state index is 2.68. The summed E-state index contributed by atoms with van der Waals surface area (Å²) in [6, 6.07) is 0. The van der Waals surface area contributed by atoms with Crippen molar-refractivity contribution >= 4 is 0 Å². The Bertz CT molecular complexity index is 372. The van der Waals surface area contributed by atoms with Crippen LogP contribution in [0.25, 0.3) is 0 Å². The SMILES string of the molecule is C[C@H]1CC[C@H]2[C@@H]3CC[C@H]4CCC[C@]4(C)[C@H]3CC[C@]12C. The van der Waals surface area contributed by atoms with Gasteiger partial charge in [-0.25, -0.2) is 0 Å². The minimum Gasteiger partial charge on any atom is -0.0620 e. The molecule has 19 heavy (non-hydrogen) atoms. The first-order valence-corrected chi connectivity index (χ1v) is 9.06. The van der Waals surface area contributed by atoms with Gasteiger partial charge in [0.1, 0.15) is 0 Å². The Morgan fingerprint density at radius 1 is 0.737 bits per heavy atom. The highest BCUT2D eigenvalue weighted by molar-refractivity contribution is 5.08. The Hall–Kier alpha value is 0. The number of fused-ring (bicyclic) bond motifs is 5. The van der Waals surface area contributed by atoms with Crippen LogP contribution in [0.3, 0.4) is 0 Å². The first-order valence-electron chi connectivity index (χ1n) is 9.06. The third-order valence-electron chi connectivity index (χ3n) is 8.81. The third-order valence-corrected chi connectivity index (χ3v) is 8.81. The summed E-state index contributed by atoms with van der Waals surface area (Å²) in [4.78, 5) is 0. The summed E-state index contributed by atoms with van der Waals surface area (Å²) in [6.45, 7) is 7.88. The molecule has 4 aliphatic rings. The maximum atomic E-state index is 2.68. The van der Waals surface area contributed by atoms with Crippen molar-refractivity contribution in [1.29, 1.82) is 0 Å². The summed E-state index contributed by atoms with van der Waals surface area (Å²) in [5.74, 6) is 5.37. The van der Waals surface area contributed by atoms with Gasteiger partial charge in [0, 0.05) is 0 Å². The van der Waals surface area contributed by atoms with Gasteiger partial charge in [0.05, 0.1) is 0 Å². The van der Waals surface area contributed by atoms with Crippen molar-refractivity contribution in [3.8, 4) is 0 Å². The Labute approximate surface area is 119 Å². The Morgan fingerprint density at radius 2 is 1.53 bits per heavy atom. The lowest BCUT2D eigenvalue weighted by Crippen LogP contribution is -2.50. The van der Waals surface area contributed by atoms with Crippen molar-refractivity contribution in [3.63, 3.8) is 0 Å². The van der Waals surface area contributed by atoms with Crippen LogP contribution in [-0.4, -0.2) is 0 Å². The second-order valence-electron chi connectivity index (χ2n) is 9.07. The average Bonchev–Trinajstić information content (AvgIpc) is 2.90. The van der Waals surface area contributed by atoms with Crippen molar-refractivity contribution in [2.45, 2.75) is 78.6 Å². The van der Waals surface area contributed by atoms with Crippen LogP contribution < -0.4 is 0 Å². The zero-order valence-corrected chi connectivity index (χ0v) is 13.3. The van der Waals surface area contributed by atoms with Crippen molar-refractivity contribution in [2.75, 3.05) is 0 Å². The summed E-state index contributed by atoms with van der Waals surface area (Å²) in [7, 11) is 0. The molecule has 0 bridgehead atoms. The lowest BCUT2D eigenvalue weighted by molar-refractivity contribution is -0.0831. The monoisotopic (exact) mass is 260 g/mol. The molecule has 0 radical (unpaired) electrons. The molecule has 108 valence electrons. The highest BCUT2D eigenvalue weighted by Gasteiger charge is 2.59. The molecule has 4 fully saturated rings. The summed E-state index contributed by atoms with van der Waals surface area (Å²) >= 11 is 0. The molecule has 0 heteroatoms. The van der Waals surface area contributed by atoms with Gasteiger partial charge in [-0.1, -0.05) is 27.2 Å². The topological polar surface area (TPSA) is 0 Å². The third kappa shape index (κ3) is 1.52. The molecule has 4 saturated carbocycles. The van der Waals surface area contributed by atoms with Gasteiger partial charge in [-0.05, 0) is 91.8 Å². The lowest BCUT2D eigenvalue weighted by atomic mass is 9.48. The second-order valence-corrected chi connectivity index (χ2v) is 9.07. The van der Waals surface area contributed by atoms with Crippen LogP contribution in [0.4, 0.5) is 0 Å². The smallest absolute Gasteiger partial charge is 0.0266 e. The van der Waals surface area contributed by atoms with Crippen LogP contribution in [-0.2, 0) is 0 Å². The minimum absolute atomic E-state index is 0.711. The molecule has 7 atom stereocenters. The first kappa shape index (κ1) is 12.7. The van der Waals surface area contributed by atoms with E-state index in [9.17, 15) is 0 Å². The van der Waals surface area contributed by atoms with Gasteiger partial charge in [0.15, 0.2) is 0 Å². The summed E-state index contributed by atoms with van der Waals surface area (Å²) in [6.07, 6.45) is 14.0. The Balaban J connectivity index is 1.66. The molecule has 0 aliphatic heterocycles. The van der Waals surface area contributed by atoms with Crippen molar-refractivity contribution in [2.24, 2.45) is 40.4 Å². The van der Waals surface area contributed by atoms with E-state index in [4.69, 9.17) is 0 Å². The molecular weight excluding hydrogens is 228 g/mol. The number of hydrogen-bond acceptors (Lipinski definition) is 0. The van der Waals surface area contributed by atoms with E-state index in [2.05, 4.69) is 20.8 Å². The molecule has 0 amide bonds. The van der Waals surface area contributed by atoms with Gasteiger partial charge in [0.2, 0.25) is 0 Å². The molecule has 0 aromatic rings. The molecule has 0 saturated heterocycles. The molecule has 0 nitrogen and oxygen atoms in total. The molecule has 0 aromatic heterocycles. The Kier molecular flexibility index (Phi) is 2.69.